The number of esters is 2. The second-order valence-electron chi connectivity index (χ2n) is 28.1. The Morgan fingerprint density at radius 1 is 0.577 bits per heavy atom. The first-order valence-corrected chi connectivity index (χ1v) is 42.3. The van der Waals surface area contributed by atoms with Crippen molar-refractivity contribution in [2.45, 2.75) is 296 Å². The minimum Gasteiger partial charge on any atom is -1.00 e. The lowest BCUT2D eigenvalue weighted by atomic mass is 10.1. The van der Waals surface area contributed by atoms with Crippen molar-refractivity contribution < 1.29 is 86.8 Å². The zero-order chi connectivity index (χ0) is 71.0. The summed E-state index contributed by atoms with van der Waals surface area (Å²) in [6.45, 7) is 34.5. The Bertz CT molecular complexity index is 2970. The Morgan fingerprint density at radius 3 is 1.37 bits per heavy atom. The molecule has 23 nitrogen and oxygen atoms in total. The largest absolute Gasteiger partial charge is 1.00 e. The van der Waals surface area contributed by atoms with Crippen LogP contribution in [0.2, 0.25) is 33.2 Å². The number of Topliss-reactive ketones (excluding diaryl/α,β-unsaturated/α-hetero) is 1. The molecule has 3 aliphatic heterocycles. The van der Waals surface area contributed by atoms with Gasteiger partial charge in [0.15, 0.2) is 24.7 Å². The van der Waals surface area contributed by atoms with Crippen molar-refractivity contribution >= 4 is 53.4 Å². The topological polar surface area (TPSA) is 306 Å². The number of carbonyl (C=O) groups is 5. The summed E-state index contributed by atoms with van der Waals surface area (Å²) in [7, 11) is -6.35. The Kier molecular flexibility index (Phi) is 39.4. The first kappa shape index (κ1) is 88.9. The van der Waals surface area contributed by atoms with Crippen LogP contribution in [0.5, 0.6) is 0 Å². The predicted molar refractivity (Wildman–Crippen MR) is 377 cm³/mol. The molecule has 0 saturated carbocycles. The van der Waals surface area contributed by atoms with Crippen LogP contribution in [0.3, 0.4) is 0 Å². The van der Waals surface area contributed by atoms with Crippen LogP contribution in [0, 0.1) is 0 Å². The number of carbonyl (C=O) groups excluding carboxylic acids is 5. The first-order chi connectivity index (χ1) is 45.0. The Balaban J connectivity index is 0.000000664. The van der Waals surface area contributed by atoms with Gasteiger partial charge in [-0.15, -0.1) is 0 Å². The number of amides is 2. The molecule has 97 heavy (non-hydrogen) atoms. The van der Waals surface area contributed by atoms with Crippen molar-refractivity contribution in [2.75, 3.05) is 51.0 Å². The number of nitrogens with one attached hydrogen (secondary N) is 3. The molecule has 5 heterocycles. The van der Waals surface area contributed by atoms with E-state index >= 15 is 0 Å². The van der Waals surface area contributed by atoms with Crippen molar-refractivity contribution in [1.29, 1.82) is 0 Å². The molecular formula is C69H120Cl2N6O17PSi2-. The van der Waals surface area contributed by atoms with Gasteiger partial charge >= 0.3 is 23.3 Å². The maximum Gasteiger partial charge on any atom is 0.330 e. The Morgan fingerprint density at radius 2 is 0.979 bits per heavy atom. The number of halogens is 2. The van der Waals surface area contributed by atoms with E-state index in [0.29, 0.717) is 25.9 Å². The van der Waals surface area contributed by atoms with Crippen LogP contribution >= 0.6 is 7.26 Å². The lowest BCUT2D eigenvalue weighted by Crippen LogP contribution is -3.00. The second kappa shape index (κ2) is 43.0. The lowest BCUT2D eigenvalue weighted by molar-refractivity contribution is -0.157. The molecule has 3 fully saturated rings. The molecule has 3 saturated heterocycles. The molecule has 2 unspecified atom stereocenters. The van der Waals surface area contributed by atoms with Gasteiger partial charge in [-0.25, -0.2) is 9.59 Å². The number of aromatic amines is 2. The summed E-state index contributed by atoms with van der Waals surface area (Å²) in [5.41, 5.74) is -0.701. The average molecular weight is 1460 g/mol. The molecule has 2 aromatic heterocycles. The number of aliphatic hydroxyl groups is 2. The predicted octanol–water partition coefficient (Wildman–Crippen LogP) is 4.56. The normalized spacial score (nSPS) is 21.0. The molecule has 556 valence electrons. The van der Waals surface area contributed by atoms with Gasteiger partial charge in [-0.3, -0.25) is 52.7 Å². The van der Waals surface area contributed by atoms with Crippen molar-refractivity contribution in [1.82, 2.24) is 29.3 Å². The van der Waals surface area contributed by atoms with Crippen molar-refractivity contribution in [3.63, 3.8) is 0 Å². The number of hydrogen-bond donors (Lipinski definition) is 5. The number of aromatic nitrogens is 4. The highest BCUT2D eigenvalue weighted by molar-refractivity contribution is 7.75. The van der Waals surface area contributed by atoms with Gasteiger partial charge < -0.3 is 73.0 Å². The van der Waals surface area contributed by atoms with Gasteiger partial charge in [0.1, 0.15) is 30.2 Å². The van der Waals surface area contributed by atoms with Crippen molar-refractivity contribution in [2.24, 2.45) is 0 Å². The number of allylic oxidation sites excluding steroid dienone is 1. The summed E-state index contributed by atoms with van der Waals surface area (Å²) in [4.78, 5) is 120. The molecular weight excluding hydrogens is 1340 g/mol. The number of hydrogen-bond acceptors (Lipinski definition) is 17. The SMILES string of the molecule is CCCCNC(=O)CCC(=O)CCC(=O)OC1[C@@H](CO)O[C@@H](n2ccc(=O)[nH]c2=O)[C@H]1O[Si](C(C)C)(C(C)C)C(C)C.CCCC[P+](CCCC)(CCCC)CCCN1C(=O)CCC1=CCC(=O)OC1[C@@H](CO)O[C@@H](n2ccc(=O)[nH]c2=O)[C@H]1O[Si](C(C)C)(C(C)C)C(C)C.[Cl-].[Cl-]. The molecule has 8 atom stereocenters. The number of ether oxygens (including phenoxy) is 4. The quantitative estimate of drug-likeness (QED) is 0.0264. The average Bonchev–Trinajstić information content (AvgIpc) is 1.66. The van der Waals surface area contributed by atoms with Crippen LogP contribution in [0.25, 0.3) is 0 Å². The summed E-state index contributed by atoms with van der Waals surface area (Å²) in [5, 5.41) is 23.4. The fraction of sp³-hybridized carbons (Fsp3) is 0.783. The third-order valence-corrected chi connectivity index (χ3v) is 36.9. The van der Waals surface area contributed by atoms with E-state index in [-0.39, 0.29) is 108 Å². The van der Waals surface area contributed by atoms with Crippen LogP contribution in [-0.4, -0.2) is 168 Å². The Hall–Kier alpha value is -4.15. The van der Waals surface area contributed by atoms with E-state index in [2.05, 4.69) is 119 Å². The molecule has 0 bridgehead atoms. The van der Waals surface area contributed by atoms with E-state index in [4.69, 9.17) is 27.8 Å². The standard InChI is InChI=1S/C40H70N3O8PSi.C29H49N3O9Si.2ClH/c1-10-13-24-52(25-14-11-2,26-15-12-3)27-16-22-42-32(17-19-35(42)46)18-20-36(47)50-37-33(28-44)49-39(43-23-21-34(45)41-40(43)48)38(37)51-53(29(4)5,30(6)7)31(8)9;1-8-9-15-30-23(35)12-10-21(34)11-13-25(37)40-26-22(17-33)39-28(32-16-14-24(36)31-29(32)38)27(26)41-42(18(2)3,19(4)5)20(6)7;;/h18,21,23,29-31,33,37-39,44H,10-17,19-20,22,24-28H2,1-9H3;14,16,18-20,22,26-28,33H,8-13,15,17H2,1-7H3,(H,30,35)(H,31,36,38);2*1H/p-1/t33-,37?,38+,39-;22-,26?,27+,28-;;/m11../s1. The fourth-order valence-electron chi connectivity index (χ4n) is 14.8. The first-order valence-electron chi connectivity index (χ1n) is 35.5. The molecule has 0 radical (unpaired) electrons. The fourth-order valence-corrected chi connectivity index (χ4v) is 31.0. The van der Waals surface area contributed by atoms with Gasteiger partial charge in [-0.2, -0.15) is 0 Å². The minimum absolute atomic E-state index is 0. The molecule has 0 spiro atoms. The molecule has 0 aromatic carbocycles. The number of likely N-dealkylation sites (tertiary alicyclic amines) is 1. The van der Waals surface area contributed by atoms with Crippen LogP contribution in [0.4, 0.5) is 0 Å². The summed E-state index contributed by atoms with van der Waals surface area (Å²) in [6.07, 6.45) is 12.7. The van der Waals surface area contributed by atoms with E-state index in [1.165, 1.54) is 96.8 Å². The molecule has 2 amide bonds. The van der Waals surface area contributed by atoms with Crippen LogP contribution in [0.15, 0.2) is 55.5 Å². The monoisotopic (exact) mass is 1460 g/mol. The summed E-state index contributed by atoms with van der Waals surface area (Å²) < 4.78 is 40.8. The third kappa shape index (κ3) is 24.3. The number of ketones is 1. The van der Waals surface area contributed by atoms with E-state index in [1.807, 2.05) is 17.9 Å². The summed E-state index contributed by atoms with van der Waals surface area (Å²) in [5.74, 6) is -1.55. The molecule has 5 rings (SSSR count). The van der Waals surface area contributed by atoms with E-state index in [9.17, 15) is 53.4 Å². The zero-order valence-corrected chi connectivity index (χ0v) is 65.4. The van der Waals surface area contributed by atoms with E-state index in [0.717, 1.165) is 25.0 Å². The van der Waals surface area contributed by atoms with E-state index in [1.54, 1.807) is 0 Å². The molecule has 0 aliphatic carbocycles. The highest BCUT2D eigenvalue weighted by Gasteiger charge is 2.57. The maximum atomic E-state index is 13.7. The van der Waals surface area contributed by atoms with Gasteiger partial charge in [0.25, 0.3) is 11.1 Å². The number of aliphatic hydroxyl groups excluding tert-OH is 2. The van der Waals surface area contributed by atoms with Crippen molar-refractivity contribution in [3.8, 4) is 0 Å². The zero-order valence-electron chi connectivity index (χ0n) is 61.0. The lowest BCUT2D eigenvalue weighted by Gasteiger charge is -2.45. The second-order valence-corrected chi connectivity index (χ2v) is 43.4. The van der Waals surface area contributed by atoms with Gasteiger partial charge in [-0.05, 0) is 71.8 Å². The smallest absolute Gasteiger partial charge is 0.330 e. The molecule has 3 aliphatic rings. The van der Waals surface area contributed by atoms with Gasteiger partial charge in [-0.1, -0.05) is 143 Å². The molecule has 2 aromatic rings. The summed E-state index contributed by atoms with van der Waals surface area (Å²) >= 11 is 0. The number of rotatable bonds is 40. The number of unbranched alkanes of at least 4 members (excludes halogenated alkanes) is 4. The number of nitrogens with zero attached hydrogens (tertiary/aromatic N) is 3. The minimum atomic E-state index is -2.63. The highest BCUT2D eigenvalue weighted by Crippen LogP contribution is 2.61. The third-order valence-electron chi connectivity index (χ3n) is 19.6. The summed E-state index contributed by atoms with van der Waals surface area (Å²) in [6, 6.07) is 2.42. The van der Waals surface area contributed by atoms with Gasteiger partial charge in [0.05, 0.1) is 50.7 Å². The van der Waals surface area contributed by atoms with E-state index < -0.39 is 121 Å². The van der Waals surface area contributed by atoms with Crippen LogP contribution in [0.1, 0.15) is 226 Å². The highest BCUT2D eigenvalue weighted by atomic mass is 35.5. The van der Waals surface area contributed by atoms with Crippen LogP contribution < -0.4 is 52.6 Å². The van der Waals surface area contributed by atoms with Gasteiger partial charge in [0, 0.05) is 76.3 Å². The molecule has 28 heteroatoms. The Labute approximate surface area is 591 Å². The maximum absolute atomic E-state index is 13.7. The number of H-pyrrole nitrogens is 2. The molecule has 5 N–H and O–H groups in total. The van der Waals surface area contributed by atoms with Gasteiger partial charge in [0.2, 0.25) is 28.4 Å². The van der Waals surface area contributed by atoms with Crippen LogP contribution in [-0.2, 0) is 51.8 Å². The van der Waals surface area contributed by atoms with Crippen molar-refractivity contribution in [3.05, 3.63) is 78.0 Å².